The van der Waals surface area contributed by atoms with Crippen LogP contribution < -0.4 is 10.1 Å². The molecule has 0 saturated carbocycles. The summed E-state index contributed by atoms with van der Waals surface area (Å²) in [6.45, 7) is 2.48. The first kappa shape index (κ1) is 19.8. The first-order valence-corrected chi connectivity index (χ1v) is 9.49. The lowest BCUT2D eigenvalue weighted by atomic mass is 10.0. The lowest BCUT2D eigenvalue weighted by molar-refractivity contribution is -0.384. The number of likely N-dealkylation sites (tertiary alicyclic amines) is 1. The number of carbonyl (C=O) groups is 1. The summed E-state index contributed by atoms with van der Waals surface area (Å²) in [6.07, 6.45) is 3.55. The number of nitrogens with one attached hydrogen (secondary N) is 1. The average Bonchev–Trinajstić information content (AvgIpc) is 2.75. The Labute approximate surface area is 164 Å². The predicted molar refractivity (Wildman–Crippen MR) is 107 cm³/mol. The molecule has 28 heavy (non-hydrogen) atoms. The quantitative estimate of drug-likeness (QED) is 0.584. The number of hydrogen-bond donors (Lipinski definition) is 1. The minimum absolute atomic E-state index is 0.0269. The number of ether oxygens (including phenoxy) is 1. The van der Waals surface area contributed by atoms with Gasteiger partial charge in [0.1, 0.15) is 5.75 Å². The number of hydrogen-bond acceptors (Lipinski definition) is 5. The van der Waals surface area contributed by atoms with E-state index in [9.17, 15) is 14.9 Å². The molecular formula is C21H25N3O4. The van der Waals surface area contributed by atoms with Crippen LogP contribution in [0.4, 0.5) is 5.69 Å². The molecule has 1 aliphatic heterocycles. The number of carbonyl (C=O) groups excluding carboxylic acids is 1. The third-order valence-corrected chi connectivity index (χ3v) is 5.13. The number of non-ortho nitro benzene ring substituents is 1. The number of methoxy groups -OCH3 is 1. The highest BCUT2D eigenvalue weighted by Gasteiger charge is 2.23. The topological polar surface area (TPSA) is 84.7 Å². The van der Waals surface area contributed by atoms with Crippen molar-refractivity contribution in [2.45, 2.75) is 25.3 Å². The lowest BCUT2D eigenvalue weighted by Crippen LogP contribution is -2.40. The standard InChI is InChI=1S/C21H25N3O4/c1-28-19-11-7-16(8-12-19)20(23-13-3-2-4-14-23)15-22-21(25)17-5-9-18(10-6-17)24(26)27/h5-12,20H,2-4,13-15H2,1H3,(H,22,25)/t20-/m1/s1. The normalized spacial score (nSPS) is 15.6. The zero-order chi connectivity index (χ0) is 19.9. The molecule has 1 atom stereocenters. The van der Waals surface area contributed by atoms with Crippen LogP contribution in [0.15, 0.2) is 48.5 Å². The molecule has 0 aromatic heterocycles. The van der Waals surface area contributed by atoms with Gasteiger partial charge in [-0.3, -0.25) is 19.8 Å². The summed E-state index contributed by atoms with van der Waals surface area (Å²) in [4.78, 5) is 25.2. The largest absolute Gasteiger partial charge is 0.497 e. The van der Waals surface area contributed by atoms with Gasteiger partial charge in [0.2, 0.25) is 0 Å². The van der Waals surface area contributed by atoms with Crippen LogP contribution in [0.1, 0.15) is 41.2 Å². The molecule has 7 nitrogen and oxygen atoms in total. The average molecular weight is 383 g/mol. The second-order valence-corrected chi connectivity index (χ2v) is 6.90. The number of benzene rings is 2. The number of nitrogens with zero attached hydrogens (tertiary/aromatic N) is 2. The fraction of sp³-hybridized carbons (Fsp3) is 0.381. The van der Waals surface area contributed by atoms with Gasteiger partial charge in [-0.15, -0.1) is 0 Å². The molecule has 148 valence electrons. The zero-order valence-electron chi connectivity index (χ0n) is 16.0. The van der Waals surface area contributed by atoms with Crippen molar-refractivity contribution in [1.82, 2.24) is 10.2 Å². The molecule has 7 heteroatoms. The SMILES string of the molecule is COc1ccc([C@@H](CNC(=O)c2ccc([N+](=O)[O-])cc2)N2CCCCC2)cc1. The summed E-state index contributed by atoms with van der Waals surface area (Å²) in [6, 6.07) is 13.7. The van der Waals surface area contributed by atoms with Crippen LogP contribution in [0.5, 0.6) is 5.75 Å². The van der Waals surface area contributed by atoms with Gasteiger partial charge in [-0.2, -0.15) is 0 Å². The van der Waals surface area contributed by atoms with Crippen LogP contribution in [0.3, 0.4) is 0 Å². The molecule has 1 amide bonds. The van der Waals surface area contributed by atoms with E-state index < -0.39 is 4.92 Å². The molecule has 0 radical (unpaired) electrons. The van der Waals surface area contributed by atoms with Gasteiger partial charge in [0.15, 0.2) is 0 Å². The van der Waals surface area contributed by atoms with Crippen molar-refractivity contribution in [2.75, 3.05) is 26.7 Å². The zero-order valence-corrected chi connectivity index (χ0v) is 16.0. The Kier molecular flexibility index (Phi) is 6.60. The van der Waals surface area contributed by atoms with E-state index in [0.717, 1.165) is 37.2 Å². The maximum absolute atomic E-state index is 12.5. The molecule has 1 fully saturated rings. The molecule has 3 rings (SSSR count). The van der Waals surface area contributed by atoms with Gasteiger partial charge in [0.05, 0.1) is 18.1 Å². The highest BCUT2D eigenvalue weighted by Crippen LogP contribution is 2.26. The van der Waals surface area contributed by atoms with Crippen molar-refractivity contribution >= 4 is 11.6 Å². The van der Waals surface area contributed by atoms with E-state index in [2.05, 4.69) is 10.2 Å². The molecule has 0 aliphatic carbocycles. The van der Waals surface area contributed by atoms with Gasteiger partial charge >= 0.3 is 0 Å². The summed E-state index contributed by atoms with van der Waals surface area (Å²) >= 11 is 0. The maximum atomic E-state index is 12.5. The summed E-state index contributed by atoms with van der Waals surface area (Å²) in [7, 11) is 1.64. The molecule has 0 spiro atoms. The van der Waals surface area contributed by atoms with Crippen molar-refractivity contribution in [1.29, 1.82) is 0 Å². The van der Waals surface area contributed by atoms with Crippen molar-refractivity contribution in [3.8, 4) is 5.75 Å². The number of rotatable bonds is 7. The monoisotopic (exact) mass is 383 g/mol. The van der Waals surface area contributed by atoms with Crippen molar-refractivity contribution in [3.63, 3.8) is 0 Å². The van der Waals surface area contributed by atoms with Gasteiger partial charge in [0.25, 0.3) is 11.6 Å². The predicted octanol–water partition coefficient (Wildman–Crippen LogP) is 3.56. The molecule has 1 saturated heterocycles. The molecule has 0 bridgehead atoms. The Bertz CT molecular complexity index is 799. The first-order chi connectivity index (χ1) is 13.6. The molecule has 0 unspecified atom stereocenters. The van der Waals surface area contributed by atoms with Crippen LogP contribution >= 0.6 is 0 Å². The third kappa shape index (κ3) is 4.86. The number of nitro groups is 1. The molecule has 2 aromatic rings. The number of piperidine rings is 1. The van der Waals surface area contributed by atoms with Crippen molar-refractivity contribution in [3.05, 3.63) is 69.8 Å². The van der Waals surface area contributed by atoms with E-state index in [4.69, 9.17) is 4.74 Å². The van der Waals surface area contributed by atoms with Crippen LogP contribution in [0, 0.1) is 10.1 Å². The molecule has 1 aliphatic rings. The van der Waals surface area contributed by atoms with Gasteiger partial charge in [0, 0.05) is 24.2 Å². The van der Waals surface area contributed by atoms with Crippen LogP contribution in [-0.4, -0.2) is 42.5 Å². The van der Waals surface area contributed by atoms with Crippen LogP contribution in [0.25, 0.3) is 0 Å². The lowest BCUT2D eigenvalue weighted by Gasteiger charge is -2.35. The molecular weight excluding hydrogens is 358 g/mol. The second-order valence-electron chi connectivity index (χ2n) is 6.90. The van der Waals surface area contributed by atoms with E-state index in [1.54, 1.807) is 7.11 Å². The van der Waals surface area contributed by atoms with Gasteiger partial charge in [-0.1, -0.05) is 18.6 Å². The summed E-state index contributed by atoms with van der Waals surface area (Å²) in [5.41, 5.74) is 1.52. The summed E-state index contributed by atoms with van der Waals surface area (Å²) in [5, 5.41) is 13.8. The van der Waals surface area contributed by atoms with Gasteiger partial charge < -0.3 is 10.1 Å². The van der Waals surface area contributed by atoms with Crippen LogP contribution in [0.2, 0.25) is 0 Å². The third-order valence-electron chi connectivity index (χ3n) is 5.13. The van der Waals surface area contributed by atoms with Crippen LogP contribution in [-0.2, 0) is 0 Å². The first-order valence-electron chi connectivity index (χ1n) is 9.49. The van der Waals surface area contributed by atoms with Gasteiger partial charge in [-0.25, -0.2) is 0 Å². The van der Waals surface area contributed by atoms with E-state index in [1.807, 2.05) is 24.3 Å². The Morgan fingerprint density at radius 2 is 1.75 bits per heavy atom. The molecule has 1 N–H and O–H groups in total. The summed E-state index contributed by atoms with van der Waals surface area (Å²) < 4.78 is 5.25. The minimum Gasteiger partial charge on any atom is -0.497 e. The molecule has 1 heterocycles. The Morgan fingerprint density at radius 3 is 2.32 bits per heavy atom. The van der Waals surface area contributed by atoms with Crippen molar-refractivity contribution in [2.24, 2.45) is 0 Å². The Balaban J connectivity index is 1.71. The smallest absolute Gasteiger partial charge is 0.269 e. The fourth-order valence-electron chi connectivity index (χ4n) is 3.54. The maximum Gasteiger partial charge on any atom is 0.269 e. The number of nitro benzene ring substituents is 1. The van der Waals surface area contributed by atoms with E-state index in [-0.39, 0.29) is 17.6 Å². The fourth-order valence-corrected chi connectivity index (χ4v) is 3.54. The van der Waals surface area contributed by atoms with Crippen molar-refractivity contribution < 1.29 is 14.5 Å². The molecule has 2 aromatic carbocycles. The van der Waals surface area contributed by atoms with E-state index in [1.165, 1.54) is 30.7 Å². The highest BCUT2D eigenvalue weighted by molar-refractivity contribution is 5.94. The van der Waals surface area contributed by atoms with E-state index >= 15 is 0 Å². The summed E-state index contributed by atoms with van der Waals surface area (Å²) in [5.74, 6) is 0.571. The second kappa shape index (κ2) is 9.32. The van der Waals surface area contributed by atoms with E-state index in [0.29, 0.717) is 12.1 Å². The Morgan fingerprint density at radius 1 is 1.11 bits per heavy atom. The van der Waals surface area contributed by atoms with Gasteiger partial charge in [-0.05, 0) is 55.8 Å². The highest BCUT2D eigenvalue weighted by atomic mass is 16.6. The minimum atomic E-state index is -0.474. The number of amides is 1. The Hall–Kier alpha value is -2.93.